The average Bonchev–Trinajstić information content (AvgIpc) is 2.94. The third-order valence-electron chi connectivity index (χ3n) is 4.64. The van der Waals surface area contributed by atoms with Crippen LogP contribution in [-0.2, 0) is 6.54 Å². The van der Waals surface area contributed by atoms with Crippen LogP contribution in [0.4, 0.5) is 14.7 Å². The number of rotatable bonds is 4. The zero-order valence-electron chi connectivity index (χ0n) is 14.6. The molecule has 0 aliphatic carbocycles. The Balaban J connectivity index is 0.00000131. The summed E-state index contributed by atoms with van der Waals surface area (Å²) in [5.41, 5.74) is 2.46. The minimum atomic E-state index is -0.299. The van der Waals surface area contributed by atoms with Gasteiger partial charge in [-0.25, -0.2) is 13.8 Å². The van der Waals surface area contributed by atoms with Crippen molar-refractivity contribution in [2.24, 2.45) is 0 Å². The molecule has 2 heterocycles. The van der Waals surface area contributed by atoms with Gasteiger partial charge in [0.2, 0.25) is 5.95 Å². The molecular formula is C19H22Br2F2N4. The number of halogens is 4. The van der Waals surface area contributed by atoms with E-state index in [0.717, 1.165) is 43.0 Å². The van der Waals surface area contributed by atoms with Crippen molar-refractivity contribution in [3.8, 4) is 0 Å². The third kappa shape index (κ3) is 5.06. The number of piperidine rings is 1. The molecule has 0 spiro atoms. The summed E-state index contributed by atoms with van der Waals surface area (Å²) < 4.78 is 28.8. The van der Waals surface area contributed by atoms with Crippen molar-refractivity contribution in [2.45, 2.75) is 25.4 Å². The normalized spacial score (nSPS) is 14.4. The number of fused-ring (bicyclic) bond motifs is 1. The van der Waals surface area contributed by atoms with Gasteiger partial charge in [0.05, 0.1) is 17.6 Å². The number of hydrogen-bond acceptors (Lipinski definition) is 3. The summed E-state index contributed by atoms with van der Waals surface area (Å²) in [5.74, 6) is 0.179. The van der Waals surface area contributed by atoms with Gasteiger partial charge in [-0.15, -0.1) is 34.0 Å². The molecule has 1 aliphatic rings. The van der Waals surface area contributed by atoms with Gasteiger partial charge in [-0.1, -0.05) is 12.1 Å². The largest absolute Gasteiger partial charge is 0.353 e. The van der Waals surface area contributed by atoms with Crippen molar-refractivity contribution in [1.82, 2.24) is 14.9 Å². The number of imidazole rings is 1. The highest BCUT2D eigenvalue weighted by molar-refractivity contribution is 8.93. The molecule has 0 saturated carbocycles. The van der Waals surface area contributed by atoms with Gasteiger partial charge in [-0.05, 0) is 55.8 Å². The van der Waals surface area contributed by atoms with Gasteiger partial charge >= 0.3 is 0 Å². The molecule has 2 aromatic carbocycles. The van der Waals surface area contributed by atoms with Crippen LogP contribution in [0.1, 0.15) is 18.4 Å². The monoisotopic (exact) mass is 502 g/mol. The van der Waals surface area contributed by atoms with Crippen LogP contribution in [0.3, 0.4) is 0 Å². The maximum absolute atomic E-state index is 13.6. The molecule has 1 fully saturated rings. The van der Waals surface area contributed by atoms with Crippen LogP contribution in [-0.4, -0.2) is 28.7 Å². The lowest BCUT2D eigenvalue weighted by Crippen LogP contribution is -2.36. The SMILES string of the molecule is Br.Br.Fc1ccc(Cn2c(NC3CCNCC3)nc3cc(F)ccc32)cc1. The highest BCUT2D eigenvalue weighted by Crippen LogP contribution is 2.24. The van der Waals surface area contributed by atoms with E-state index < -0.39 is 0 Å². The highest BCUT2D eigenvalue weighted by Gasteiger charge is 2.18. The standard InChI is InChI=1S/C19H20F2N4.2BrH/c20-14-3-1-13(2-4-14)12-25-18-6-5-15(21)11-17(18)24-19(25)23-16-7-9-22-10-8-16;;/h1-6,11,16,22H,7-10,12H2,(H,23,24);2*1H. The number of benzene rings is 2. The Morgan fingerprint density at radius 3 is 2.37 bits per heavy atom. The van der Waals surface area contributed by atoms with Crippen molar-refractivity contribution in [1.29, 1.82) is 0 Å². The minimum Gasteiger partial charge on any atom is -0.353 e. The highest BCUT2D eigenvalue weighted by atomic mass is 79.9. The molecule has 0 unspecified atom stereocenters. The maximum Gasteiger partial charge on any atom is 0.204 e. The summed E-state index contributed by atoms with van der Waals surface area (Å²) >= 11 is 0. The Morgan fingerprint density at radius 1 is 1.00 bits per heavy atom. The van der Waals surface area contributed by atoms with E-state index in [1.54, 1.807) is 18.2 Å². The molecule has 0 radical (unpaired) electrons. The van der Waals surface area contributed by atoms with Crippen molar-refractivity contribution in [2.75, 3.05) is 18.4 Å². The van der Waals surface area contributed by atoms with E-state index in [2.05, 4.69) is 15.6 Å². The van der Waals surface area contributed by atoms with Crippen molar-refractivity contribution < 1.29 is 8.78 Å². The molecule has 0 bridgehead atoms. The van der Waals surface area contributed by atoms with E-state index in [9.17, 15) is 8.78 Å². The number of aromatic nitrogens is 2. The maximum atomic E-state index is 13.6. The van der Waals surface area contributed by atoms with E-state index in [1.165, 1.54) is 24.3 Å². The Morgan fingerprint density at radius 2 is 1.67 bits per heavy atom. The van der Waals surface area contributed by atoms with Gasteiger partial charge in [0.15, 0.2) is 0 Å². The van der Waals surface area contributed by atoms with Gasteiger partial charge < -0.3 is 15.2 Å². The number of nitrogens with zero attached hydrogens (tertiary/aromatic N) is 2. The van der Waals surface area contributed by atoms with Gasteiger partial charge in [0, 0.05) is 12.1 Å². The Bertz CT molecular complexity index is 877. The topological polar surface area (TPSA) is 41.9 Å². The number of nitrogens with one attached hydrogen (secondary N) is 2. The molecular weight excluding hydrogens is 482 g/mol. The quantitative estimate of drug-likeness (QED) is 0.543. The molecule has 146 valence electrons. The van der Waals surface area contributed by atoms with Crippen LogP contribution in [0, 0.1) is 11.6 Å². The number of anilines is 1. The van der Waals surface area contributed by atoms with Crippen molar-refractivity contribution in [3.05, 3.63) is 59.7 Å². The first-order valence-electron chi connectivity index (χ1n) is 8.56. The van der Waals surface area contributed by atoms with E-state index in [4.69, 9.17) is 0 Å². The van der Waals surface area contributed by atoms with Gasteiger partial charge in [0.1, 0.15) is 11.6 Å². The van der Waals surface area contributed by atoms with Crippen LogP contribution >= 0.6 is 34.0 Å². The van der Waals surface area contributed by atoms with Crippen molar-refractivity contribution >= 4 is 50.9 Å². The summed E-state index contributed by atoms with van der Waals surface area (Å²) in [6, 6.07) is 11.4. The van der Waals surface area contributed by atoms with Crippen LogP contribution < -0.4 is 10.6 Å². The molecule has 0 amide bonds. The molecule has 1 saturated heterocycles. The van der Waals surface area contributed by atoms with E-state index in [-0.39, 0.29) is 45.6 Å². The molecule has 1 aliphatic heterocycles. The molecule has 4 rings (SSSR count). The second-order valence-electron chi connectivity index (χ2n) is 6.45. The zero-order chi connectivity index (χ0) is 17.2. The molecule has 4 nitrogen and oxygen atoms in total. The van der Waals surface area contributed by atoms with Crippen LogP contribution in [0.5, 0.6) is 0 Å². The second kappa shape index (κ2) is 9.61. The summed E-state index contributed by atoms with van der Waals surface area (Å²) in [7, 11) is 0. The summed E-state index contributed by atoms with van der Waals surface area (Å²) in [4.78, 5) is 4.60. The second-order valence-corrected chi connectivity index (χ2v) is 6.45. The molecule has 1 aromatic heterocycles. The van der Waals surface area contributed by atoms with Gasteiger partial charge in [0.25, 0.3) is 0 Å². The first kappa shape index (κ1) is 21.8. The number of hydrogen-bond donors (Lipinski definition) is 2. The van der Waals surface area contributed by atoms with Crippen LogP contribution in [0.2, 0.25) is 0 Å². The first-order chi connectivity index (χ1) is 12.2. The fourth-order valence-corrected chi connectivity index (χ4v) is 3.29. The van der Waals surface area contributed by atoms with E-state index >= 15 is 0 Å². The Kier molecular flexibility index (Phi) is 7.76. The lowest BCUT2D eigenvalue weighted by Gasteiger charge is -2.24. The summed E-state index contributed by atoms with van der Waals surface area (Å²) in [6.07, 6.45) is 2.04. The molecule has 27 heavy (non-hydrogen) atoms. The molecule has 2 N–H and O–H groups in total. The molecule has 3 aromatic rings. The van der Waals surface area contributed by atoms with Gasteiger partial charge in [-0.2, -0.15) is 0 Å². The van der Waals surface area contributed by atoms with E-state index in [1.807, 2.05) is 4.57 Å². The van der Waals surface area contributed by atoms with Crippen LogP contribution in [0.25, 0.3) is 11.0 Å². The predicted octanol–water partition coefficient (Wildman–Crippen LogP) is 4.68. The smallest absolute Gasteiger partial charge is 0.204 e. The third-order valence-corrected chi connectivity index (χ3v) is 4.64. The summed E-state index contributed by atoms with van der Waals surface area (Å²) in [5, 5.41) is 6.85. The Labute approximate surface area is 177 Å². The van der Waals surface area contributed by atoms with Crippen LogP contribution in [0.15, 0.2) is 42.5 Å². The average molecular weight is 504 g/mol. The van der Waals surface area contributed by atoms with Crippen molar-refractivity contribution in [3.63, 3.8) is 0 Å². The Hall–Kier alpha value is -1.51. The molecule has 0 atom stereocenters. The first-order valence-corrected chi connectivity index (χ1v) is 8.56. The lowest BCUT2D eigenvalue weighted by molar-refractivity contribution is 0.476. The lowest BCUT2D eigenvalue weighted by atomic mass is 10.1. The predicted molar refractivity (Wildman–Crippen MR) is 115 cm³/mol. The zero-order valence-corrected chi connectivity index (χ0v) is 18.0. The minimum absolute atomic E-state index is 0. The molecule has 8 heteroatoms. The summed E-state index contributed by atoms with van der Waals surface area (Å²) in [6.45, 7) is 2.50. The van der Waals surface area contributed by atoms with Gasteiger partial charge in [-0.3, -0.25) is 0 Å². The fraction of sp³-hybridized carbons (Fsp3) is 0.316. The van der Waals surface area contributed by atoms with E-state index in [0.29, 0.717) is 18.1 Å². The fourth-order valence-electron chi connectivity index (χ4n) is 3.29.